The lowest BCUT2D eigenvalue weighted by Crippen LogP contribution is -2.40. The number of Topliss-reactive ketones (excluding diaryl/α,β-unsaturated/α-hetero) is 1. The SMILES string of the molecule is O=C1CCC(N2CC(c3ccc(Br)cc3)NC2=O)CC1. The van der Waals surface area contributed by atoms with Crippen LogP contribution in [0.3, 0.4) is 0 Å². The highest BCUT2D eigenvalue weighted by Gasteiger charge is 2.35. The van der Waals surface area contributed by atoms with Crippen molar-refractivity contribution in [3.8, 4) is 0 Å². The molecule has 1 heterocycles. The number of nitrogens with one attached hydrogen (secondary N) is 1. The molecule has 106 valence electrons. The number of hydrogen-bond donors (Lipinski definition) is 1. The monoisotopic (exact) mass is 336 g/mol. The molecule has 4 nitrogen and oxygen atoms in total. The third-order valence-corrected chi connectivity index (χ3v) is 4.69. The molecule has 2 amide bonds. The van der Waals surface area contributed by atoms with Gasteiger partial charge in [-0.25, -0.2) is 4.79 Å². The molecule has 5 heteroatoms. The molecule has 1 N–H and O–H groups in total. The van der Waals surface area contributed by atoms with Crippen LogP contribution >= 0.6 is 15.9 Å². The van der Waals surface area contributed by atoms with E-state index in [9.17, 15) is 9.59 Å². The van der Waals surface area contributed by atoms with Crippen LogP contribution in [-0.4, -0.2) is 29.3 Å². The number of ketones is 1. The summed E-state index contributed by atoms with van der Waals surface area (Å²) in [6.45, 7) is 0.694. The second-order valence-corrected chi connectivity index (χ2v) is 6.39. The Labute approximate surface area is 126 Å². The summed E-state index contributed by atoms with van der Waals surface area (Å²) in [5, 5.41) is 3.03. The third kappa shape index (κ3) is 2.73. The number of halogens is 1. The molecule has 0 radical (unpaired) electrons. The molecule has 1 atom stereocenters. The first kappa shape index (κ1) is 13.6. The summed E-state index contributed by atoms with van der Waals surface area (Å²) in [6.07, 6.45) is 2.83. The maximum Gasteiger partial charge on any atom is 0.318 e. The van der Waals surface area contributed by atoms with Crippen LogP contribution in [0.4, 0.5) is 4.79 Å². The minimum Gasteiger partial charge on any atom is -0.329 e. The van der Waals surface area contributed by atoms with Crippen LogP contribution in [-0.2, 0) is 4.79 Å². The van der Waals surface area contributed by atoms with E-state index in [1.165, 1.54) is 0 Å². The Morgan fingerprint density at radius 2 is 1.75 bits per heavy atom. The topological polar surface area (TPSA) is 49.4 Å². The van der Waals surface area contributed by atoms with Crippen molar-refractivity contribution in [3.05, 3.63) is 34.3 Å². The van der Waals surface area contributed by atoms with Crippen molar-refractivity contribution >= 4 is 27.7 Å². The molecule has 1 unspecified atom stereocenters. The summed E-state index contributed by atoms with van der Waals surface area (Å²) in [5.41, 5.74) is 1.12. The number of benzene rings is 1. The Morgan fingerprint density at radius 1 is 1.10 bits per heavy atom. The number of hydrogen-bond acceptors (Lipinski definition) is 2. The van der Waals surface area contributed by atoms with Gasteiger partial charge in [0, 0.05) is 29.9 Å². The van der Waals surface area contributed by atoms with Gasteiger partial charge in [-0.2, -0.15) is 0 Å². The van der Waals surface area contributed by atoms with E-state index in [2.05, 4.69) is 21.2 Å². The highest BCUT2D eigenvalue weighted by molar-refractivity contribution is 9.10. The Morgan fingerprint density at radius 3 is 2.40 bits per heavy atom. The van der Waals surface area contributed by atoms with Crippen molar-refractivity contribution < 1.29 is 9.59 Å². The van der Waals surface area contributed by atoms with E-state index in [0.717, 1.165) is 22.9 Å². The van der Waals surface area contributed by atoms with Crippen molar-refractivity contribution in [1.82, 2.24) is 10.2 Å². The van der Waals surface area contributed by atoms with Crippen LogP contribution < -0.4 is 5.32 Å². The van der Waals surface area contributed by atoms with Gasteiger partial charge in [-0.1, -0.05) is 28.1 Å². The minimum atomic E-state index is -0.00253. The molecular weight excluding hydrogens is 320 g/mol. The zero-order valence-electron chi connectivity index (χ0n) is 11.1. The number of urea groups is 1. The van der Waals surface area contributed by atoms with Gasteiger partial charge in [0.05, 0.1) is 6.04 Å². The zero-order valence-corrected chi connectivity index (χ0v) is 12.7. The normalized spacial score (nSPS) is 24.1. The molecule has 20 heavy (non-hydrogen) atoms. The number of rotatable bonds is 2. The summed E-state index contributed by atoms with van der Waals surface area (Å²) in [4.78, 5) is 25.3. The summed E-state index contributed by atoms with van der Waals surface area (Å²) in [7, 11) is 0. The third-order valence-electron chi connectivity index (χ3n) is 4.16. The second-order valence-electron chi connectivity index (χ2n) is 5.48. The molecule has 3 rings (SSSR count). The van der Waals surface area contributed by atoms with E-state index in [0.29, 0.717) is 25.2 Å². The van der Waals surface area contributed by atoms with Crippen LogP contribution in [0.25, 0.3) is 0 Å². The fourth-order valence-electron chi connectivity index (χ4n) is 2.99. The Bertz CT molecular complexity index is 519. The van der Waals surface area contributed by atoms with Crippen molar-refractivity contribution in [2.75, 3.05) is 6.54 Å². The first-order valence-corrected chi connectivity index (χ1v) is 7.77. The number of carbonyl (C=O) groups is 2. The molecule has 1 aliphatic heterocycles. The van der Waals surface area contributed by atoms with Crippen LogP contribution in [0.2, 0.25) is 0 Å². The summed E-state index contributed by atoms with van der Waals surface area (Å²) < 4.78 is 1.04. The van der Waals surface area contributed by atoms with E-state index >= 15 is 0 Å². The first-order chi connectivity index (χ1) is 9.63. The average Bonchev–Trinajstić information content (AvgIpc) is 2.82. The molecule has 2 aliphatic rings. The molecule has 0 spiro atoms. The fourth-order valence-corrected chi connectivity index (χ4v) is 3.26. The molecule has 1 saturated heterocycles. The van der Waals surface area contributed by atoms with Gasteiger partial charge in [0.1, 0.15) is 5.78 Å². The molecule has 1 aliphatic carbocycles. The van der Waals surface area contributed by atoms with E-state index in [1.54, 1.807) is 0 Å². The van der Waals surface area contributed by atoms with Crippen LogP contribution in [0, 0.1) is 0 Å². The zero-order chi connectivity index (χ0) is 14.1. The number of nitrogens with zero attached hydrogens (tertiary/aromatic N) is 1. The molecule has 1 aromatic carbocycles. The molecule has 0 aromatic heterocycles. The quantitative estimate of drug-likeness (QED) is 0.902. The van der Waals surface area contributed by atoms with Gasteiger partial charge in [0.25, 0.3) is 0 Å². The predicted octanol–water partition coefficient (Wildman–Crippen LogP) is 3.03. The molecule has 2 fully saturated rings. The van der Waals surface area contributed by atoms with Crippen LogP contribution in [0.15, 0.2) is 28.7 Å². The largest absolute Gasteiger partial charge is 0.329 e. The molecular formula is C15H17BrN2O2. The van der Waals surface area contributed by atoms with Crippen molar-refractivity contribution in [3.63, 3.8) is 0 Å². The maximum absolute atomic E-state index is 12.1. The van der Waals surface area contributed by atoms with E-state index in [1.807, 2.05) is 29.2 Å². The van der Waals surface area contributed by atoms with Crippen LogP contribution in [0.5, 0.6) is 0 Å². The highest BCUT2D eigenvalue weighted by Crippen LogP contribution is 2.28. The smallest absolute Gasteiger partial charge is 0.318 e. The lowest BCUT2D eigenvalue weighted by atomic mass is 9.93. The van der Waals surface area contributed by atoms with E-state index < -0.39 is 0 Å². The standard InChI is InChI=1S/C15H17BrN2O2/c16-11-3-1-10(2-4-11)14-9-18(15(20)17-14)12-5-7-13(19)8-6-12/h1-4,12,14H,5-9H2,(H,17,20). The van der Waals surface area contributed by atoms with Gasteiger partial charge >= 0.3 is 6.03 Å². The van der Waals surface area contributed by atoms with Gasteiger partial charge in [-0.3, -0.25) is 4.79 Å². The van der Waals surface area contributed by atoms with Gasteiger partial charge < -0.3 is 10.2 Å². The van der Waals surface area contributed by atoms with E-state index in [-0.39, 0.29) is 18.1 Å². The first-order valence-electron chi connectivity index (χ1n) is 6.98. The Balaban J connectivity index is 1.69. The number of amides is 2. The average molecular weight is 337 g/mol. The second kappa shape index (κ2) is 5.56. The van der Waals surface area contributed by atoms with Gasteiger partial charge in [0.2, 0.25) is 0 Å². The Kier molecular flexibility index (Phi) is 3.78. The lowest BCUT2D eigenvalue weighted by molar-refractivity contribution is -0.121. The molecule has 1 saturated carbocycles. The van der Waals surface area contributed by atoms with Crippen LogP contribution in [0.1, 0.15) is 37.3 Å². The van der Waals surface area contributed by atoms with Crippen molar-refractivity contribution in [1.29, 1.82) is 0 Å². The fraction of sp³-hybridized carbons (Fsp3) is 0.467. The van der Waals surface area contributed by atoms with Gasteiger partial charge in [-0.15, -0.1) is 0 Å². The molecule has 1 aromatic rings. The summed E-state index contributed by atoms with van der Waals surface area (Å²) >= 11 is 3.42. The summed E-state index contributed by atoms with van der Waals surface area (Å²) in [6, 6.07) is 8.30. The predicted molar refractivity (Wildman–Crippen MR) is 79.4 cm³/mol. The maximum atomic E-state index is 12.1. The highest BCUT2D eigenvalue weighted by atomic mass is 79.9. The molecule has 0 bridgehead atoms. The number of carbonyl (C=O) groups excluding carboxylic acids is 2. The van der Waals surface area contributed by atoms with Gasteiger partial charge in [0.15, 0.2) is 0 Å². The minimum absolute atomic E-state index is 0.00253. The van der Waals surface area contributed by atoms with Crippen molar-refractivity contribution in [2.45, 2.75) is 37.8 Å². The van der Waals surface area contributed by atoms with Crippen molar-refractivity contribution in [2.24, 2.45) is 0 Å². The summed E-state index contributed by atoms with van der Waals surface area (Å²) in [5.74, 6) is 0.324. The Hall–Kier alpha value is -1.36. The van der Waals surface area contributed by atoms with E-state index in [4.69, 9.17) is 0 Å². The lowest BCUT2D eigenvalue weighted by Gasteiger charge is -2.29. The van der Waals surface area contributed by atoms with Gasteiger partial charge in [-0.05, 0) is 30.5 Å².